The lowest BCUT2D eigenvalue weighted by Crippen LogP contribution is -2.53. The molecule has 1 saturated heterocycles. The Kier molecular flexibility index (Phi) is 17.8. The molecule has 1 aromatic carbocycles. The Morgan fingerprint density at radius 2 is 1.67 bits per heavy atom. The van der Waals surface area contributed by atoms with Crippen LogP contribution < -0.4 is 26.6 Å². The van der Waals surface area contributed by atoms with Crippen molar-refractivity contribution in [3.05, 3.63) is 35.9 Å². The van der Waals surface area contributed by atoms with E-state index in [1.165, 1.54) is 7.05 Å². The van der Waals surface area contributed by atoms with Gasteiger partial charge in [-0.1, -0.05) is 51.1 Å². The first kappa shape index (κ1) is 43.7. The summed E-state index contributed by atoms with van der Waals surface area (Å²) < 4.78 is 30.6. The normalized spacial score (nSPS) is 20.5. The van der Waals surface area contributed by atoms with E-state index >= 15 is 0 Å². The quantitative estimate of drug-likeness (QED) is 0.118. The fraction of sp³-hybridized carbons (Fsp3) is 0.639. The number of rotatable bonds is 17. The zero-order chi connectivity index (χ0) is 39.0. The van der Waals surface area contributed by atoms with Crippen LogP contribution in [-0.2, 0) is 33.5 Å². The van der Waals surface area contributed by atoms with Gasteiger partial charge in [0.15, 0.2) is 0 Å². The summed E-state index contributed by atoms with van der Waals surface area (Å²) in [4.78, 5) is 86.4. The van der Waals surface area contributed by atoms with Crippen molar-refractivity contribution in [1.29, 1.82) is 0 Å². The van der Waals surface area contributed by atoms with E-state index in [9.17, 15) is 42.3 Å². The number of benzene rings is 1. The van der Waals surface area contributed by atoms with Crippen LogP contribution in [0.3, 0.4) is 0 Å². The van der Waals surface area contributed by atoms with E-state index in [-0.39, 0.29) is 24.3 Å². The van der Waals surface area contributed by atoms with Gasteiger partial charge in [0.25, 0.3) is 5.91 Å². The number of alkyl carbamates (subject to hydrolysis) is 1. The second kappa shape index (κ2) is 21.2. The Bertz CT molecular complexity index is 1380. The number of fused-ring (bicyclic) bond motifs is 1. The zero-order valence-corrected chi connectivity index (χ0v) is 30.8. The second-order valence-electron chi connectivity index (χ2n) is 13.8. The fourth-order valence-corrected chi connectivity index (χ4v) is 6.76. The number of carbonyl (C=O) groups is 7. The van der Waals surface area contributed by atoms with Gasteiger partial charge in [-0.25, -0.2) is 13.6 Å². The van der Waals surface area contributed by atoms with Crippen LogP contribution in [-0.4, -0.2) is 105 Å². The summed E-state index contributed by atoms with van der Waals surface area (Å²) in [7, 11) is 3.27. The van der Waals surface area contributed by atoms with Gasteiger partial charge in [0.1, 0.15) is 12.3 Å². The molecule has 14 nitrogen and oxygen atoms in total. The smallest absolute Gasteiger partial charge is 0.407 e. The van der Waals surface area contributed by atoms with Crippen molar-refractivity contribution < 1.29 is 47.1 Å². The van der Waals surface area contributed by atoms with Gasteiger partial charge in [-0.15, -0.1) is 0 Å². The Hall–Kier alpha value is -4.47. The van der Waals surface area contributed by atoms with Crippen molar-refractivity contribution in [2.24, 2.45) is 17.3 Å². The predicted octanol–water partition coefficient (Wildman–Crippen LogP) is 2.27. The molecule has 2 fully saturated rings. The lowest BCUT2D eigenvalue weighted by molar-refractivity contribution is -0.141. The van der Waals surface area contributed by atoms with Gasteiger partial charge in [-0.2, -0.15) is 0 Å². The molecular formula is C36H54F2N6O8. The second-order valence-corrected chi connectivity index (χ2v) is 13.8. The first-order chi connectivity index (χ1) is 24.6. The van der Waals surface area contributed by atoms with E-state index in [0.717, 1.165) is 19.4 Å². The number of nitrogens with zero attached hydrogens (tertiary/aromatic N) is 1. The molecule has 290 valence electrons. The first-order valence-electron chi connectivity index (χ1n) is 17.6. The van der Waals surface area contributed by atoms with Gasteiger partial charge in [-0.05, 0) is 62.5 Å². The van der Waals surface area contributed by atoms with Crippen molar-refractivity contribution >= 4 is 41.8 Å². The van der Waals surface area contributed by atoms with Gasteiger partial charge in [-0.3, -0.25) is 28.9 Å². The largest absolute Gasteiger partial charge is 0.450 e. The average Bonchev–Trinajstić information content (AvgIpc) is 3.56. The molecular weight excluding hydrogens is 682 g/mol. The monoisotopic (exact) mass is 736 g/mol. The van der Waals surface area contributed by atoms with E-state index in [2.05, 4.69) is 45.2 Å². The lowest BCUT2D eigenvalue weighted by Gasteiger charge is -2.28. The lowest BCUT2D eigenvalue weighted by atomic mass is 9.88. The molecule has 4 unspecified atom stereocenters. The molecule has 0 bridgehead atoms. The van der Waals surface area contributed by atoms with E-state index in [4.69, 9.17) is 0 Å². The van der Waals surface area contributed by atoms with Crippen LogP contribution >= 0.6 is 0 Å². The summed E-state index contributed by atoms with van der Waals surface area (Å²) in [5.41, 5.74) is 0.658. The van der Waals surface area contributed by atoms with E-state index in [0.29, 0.717) is 30.8 Å². The molecule has 1 aliphatic heterocycles. The maximum Gasteiger partial charge on any atom is 0.407 e. The number of halogens is 2. The molecule has 6 atom stereocenters. The topological polar surface area (TPSA) is 192 Å². The fourth-order valence-electron chi connectivity index (χ4n) is 6.76. The minimum Gasteiger partial charge on any atom is -0.450 e. The van der Waals surface area contributed by atoms with Crippen molar-refractivity contribution in [1.82, 2.24) is 31.5 Å². The third-order valence-corrected chi connectivity index (χ3v) is 9.18. The molecule has 1 aromatic rings. The molecule has 2 aliphatic rings. The Labute approximate surface area is 303 Å². The number of hydrogen-bond acceptors (Lipinski definition) is 9. The Morgan fingerprint density at radius 1 is 1.00 bits per heavy atom. The SMILES string of the molecule is CCOC(=O)NC(C=O)CC.CNC(=O)C(NC(=O)CCNC(=O)C(=O)C(CCC(F)F)NC(=O)C1[C@H]2CC(C)(C)C[C@H]2CN1C)c1ccccc1. The van der Waals surface area contributed by atoms with Gasteiger partial charge >= 0.3 is 6.09 Å². The predicted molar refractivity (Wildman–Crippen MR) is 188 cm³/mol. The van der Waals surface area contributed by atoms with E-state index in [1.54, 1.807) is 37.3 Å². The van der Waals surface area contributed by atoms with Crippen molar-refractivity contribution in [3.63, 3.8) is 0 Å². The highest BCUT2D eigenvalue weighted by molar-refractivity contribution is 6.38. The number of likely N-dealkylation sites (N-methyl/N-ethyl adjacent to an activating group) is 2. The number of nitrogens with one attached hydrogen (secondary N) is 5. The molecule has 0 aromatic heterocycles. The third kappa shape index (κ3) is 13.6. The van der Waals surface area contributed by atoms with Crippen molar-refractivity contribution in [2.75, 3.05) is 33.8 Å². The summed E-state index contributed by atoms with van der Waals surface area (Å²) in [5.74, 6) is -3.13. The van der Waals surface area contributed by atoms with Crippen LogP contribution in [0.4, 0.5) is 13.6 Å². The maximum atomic E-state index is 13.3. The molecule has 3 rings (SSSR count). The minimum absolute atomic E-state index is 0.0858. The number of aldehydes is 1. The number of hydrogen-bond donors (Lipinski definition) is 5. The van der Waals surface area contributed by atoms with Crippen LogP contribution in [0, 0.1) is 17.3 Å². The average molecular weight is 737 g/mol. The Balaban J connectivity index is 0.000000734. The molecule has 52 heavy (non-hydrogen) atoms. The summed E-state index contributed by atoms with van der Waals surface area (Å²) in [6.07, 6.45) is -1.44. The van der Waals surface area contributed by atoms with Gasteiger partial charge < -0.3 is 36.1 Å². The van der Waals surface area contributed by atoms with Gasteiger partial charge in [0.05, 0.1) is 24.7 Å². The molecule has 16 heteroatoms. The highest BCUT2D eigenvalue weighted by Gasteiger charge is 2.51. The van der Waals surface area contributed by atoms with Crippen LogP contribution in [0.15, 0.2) is 30.3 Å². The Morgan fingerprint density at radius 3 is 2.25 bits per heavy atom. The highest BCUT2D eigenvalue weighted by atomic mass is 19.3. The molecule has 1 aliphatic carbocycles. The maximum absolute atomic E-state index is 13.3. The highest BCUT2D eigenvalue weighted by Crippen LogP contribution is 2.50. The molecule has 0 spiro atoms. The molecule has 5 N–H and O–H groups in total. The number of ether oxygens (including phenoxy) is 1. The molecule has 1 heterocycles. The molecule has 0 radical (unpaired) electrons. The number of carbonyl (C=O) groups excluding carboxylic acids is 7. The summed E-state index contributed by atoms with van der Waals surface area (Å²) >= 11 is 0. The van der Waals surface area contributed by atoms with Gasteiger partial charge in [0.2, 0.25) is 29.9 Å². The number of likely N-dealkylation sites (tertiary alicyclic amines) is 1. The van der Waals surface area contributed by atoms with Crippen LogP contribution in [0.1, 0.15) is 77.8 Å². The first-order valence-corrected chi connectivity index (χ1v) is 17.6. The number of ketones is 1. The number of amides is 5. The summed E-state index contributed by atoms with van der Waals surface area (Å²) in [6, 6.07) is 5.31. The number of alkyl halides is 2. The minimum atomic E-state index is -2.71. The van der Waals surface area contributed by atoms with E-state index in [1.807, 2.05) is 18.9 Å². The van der Waals surface area contributed by atoms with Crippen molar-refractivity contribution in [3.8, 4) is 0 Å². The summed E-state index contributed by atoms with van der Waals surface area (Å²) in [6.45, 7) is 8.65. The molecule has 1 saturated carbocycles. The third-order valence-electron chi connectivity index (χ3n) is 9.18. The summed E-state index contributed by atoms with van der Waals surface area (Å²) in [5, 5.41) is 12.4. The van der Waals surface area contributed by atoms with Crippen molar-refractivity contribution in [2.45, 2.75) is 96.8 Å². The van der Waals surface area contributed by atoms with Crippen LogP contribution in [0.25, 0.3) is 0 Å². The van der Waals surface area contributed by atoms with E-state index < -0.39 is 78.9 Å². The van der Waals surface area contributed by atoms with Crippen LogP contribution in [0.2, 0.25) is 0 Å². The standard InChI is InChI=1S/C29H41F2N5O5.C7H13NO3/c1-29(2)14-18-16-36(4)24(19(18)15-29)27(40)34-20(10-11-21(30)31)25(38)28(41)33-13-12-22(37)35-23(26(39)32-3)17-8-6-5-7-9-17;1-3-6(5-9)8-7(10)11-4-2/h5-9,18-21,23-24H,10-16H2,1-4H3,(H,32,39)(H,33,41)(H,34,40)(H,35,37);5-6H,3-4H2,1-2H3,(H,8,10)/t18-,19-,20?,23?,24?;/m0./s1. The van der Waals surface area contributed by atoms with Gasteiger partial charge in [0, 0.05) is 33.0 Å². The van der Waals surface area contributed by atoms with Crippen LogP contribution in [0.5, 0.6) is 0 Å². The molecule has 5 amide bonds. The zero-order valence-electron chi connectivity index (χ0n) is 30.8. The number of Topliss-reactive ketones (excluding diaryl/α,β-unsaturated/α-hetero) is 1.